The molecule has 10 heteroatoms. The van der Waals surface area contributed by atoms with E-state index in [1.165, 1.54) is 0 Å². The van der Waals surface area contributed by atoms with E-state index in [-0.39, 0.29) is 31.3 Å². The molecule has 0 fully saturated rings. The van der Waals surface area contributed by atoms with Gasteiger partial charge in [0.1, 0.15) is 12.6 Å². The molecule has 4 amide bonds. The van der Waals surface area contributed by atoms with Crippen molar-refractivity contribution in [1.29, 1.82) is 0 Å². The van der Waals surface area contributed by atoms with Gasteiger partial charge in [-0.3, -0.25) is 19.2 Å². The van der Waals surface area contributed by atoms with E-state index in [1.54, 1.807) is 6.92 Å². The molecule has 2 unspecified atom stereocenters. The molecule has 2 aromatic rings. The zero-order valence-electron chi connectivity index (χ0n) is 24.2. The molecule has 0 aliphatic heterocycles. The van der Waals surface area contributed by atoms with Crippen molar-refractivity contribution in [1.82, 2.24) is 16.0 Å². The second-order valence-corrected chi connectivity index (χ2v) is 10.7. The fourth-order valence-electron chi connectivity index (χ4n) is 4.28. The molecular weight excluding hydrogens is 524 g/mol. The molecule has 4 atom stereocenters. The summed E-state index contributed by atoms with van der Waals surface area (Å²) < 4.78 is 5.27. The number of benzene rings is 2. The number of carbonyl (C=O) groups is 5. The van der Waals surface area contributed by atoms with Gasteiger partial charge in [0.15, 0.2) is 0 Å². The summed E-state index contributed by atoms with van der Waals surface area (Å²) in [5.41, 5.74) is 7.04. The molecule has 2 aromatic carbocycles. The average molecular weight is 567 g/mol. The van der Waals surface area contributed by atoms with E-state index in [0.29, 0.717) is 12.8 Å². The molecule has 10 nitrogen and oxygen atoms in total. The molecule has 0 aliphatic carbocycles. The van der Waals surface area contributed by atoms with Crippen molar-refractivity contribution < 1.29 is 28.7 Å². The zero-order valence-corrected chi connectivity index (χ0v) is 24.2. The van der Waals surface area contributed by atoms with Crippen molar-refractivity contribution in [2.24, 2.45) is 17.6 Å². The molecule has 0 spiro atoms. The number of primary amides is 1. The normalized spacial score (nSPS) is 13.8. The maximum atomic E-state index is 13.3. The van der Waals surface area contributed by atoms with Crippen LogP contribution in [0.15, 0.2) is 60.7 Å². The highest BCUT2D eigenvalue weighted by Crippen LogP contribution is 2.13. The number of alkyl carbamates (subject to hydrolysis) is 1. The van der Waals surface area contributed by atoms with Crippen LogP contribution in [-0.4, -0.2) is 47.7 Å². The average Bonchev–Trinajstić information content (AvgIpc) is 2.94. The molecule has 0 aliphatic rings. The highest BCUT2D eigenvalue weighted by molar-refractivity contribution is 6.38. The van der Waals surface area contributed by atoms with Crippen molar-refractivity contribution in [3.63, 3.8) is 0 Å². The first-order valence-electron chi connectivity index (χ1n) is 13.9. The van der Waals surface area contributed by atoms with E-state index in [0.717, 1.165) is 11.1 Å². The van der Waals surface area contributed by atoms with Crippen molar-refractivity contribution in [3.8, 4) is 0 Å². The van der Waals surface area contributed by atoms with E-state index in [9.17, 15) is 24.0 Å². The Labute approximate surface area is 241 Å². The molecule has 222 valence electrons. The highest BCUT2D eigenvalue weighted by atomic mass is 16.5. The minimum Gasteiger partial charge on any atom is -0.445 e. The third-order valence-electron chi connectivity index (χ3n) is 6.65. The second-order valence-electron chi connectivity index (χ2n) is 10.7. The van der Waals surface area contributed by atoms with E-state index < -0.39 is 47.7 Å². The fraction of sp³-hybridized carbons (Fsp3) is 0.452. The molecule has 0 heterocycles. The molecule has 0 saturated carbocycles. The van der Waals surface area contributed by atoms with Crippen LogP contribution in [-0.2, 0) is 36.9 Å². The number of ether oxygens (including phenoxy) is 1. The first-order chi connectivity index (χ1) is 19.5. The van der Waals surface area contributed by atoms with Gasteiger partial charge in [0.05, 0.1) is 6.04 Å². The number of hydrogen-bond donors (Lipinski definition) is 4. The minimum absolute atomic E-state index is 0.0340. The number of rotatable bonds is 16. The third-order valence-corrected chi connectivity index (χ3v) is 6.65. The quantitative estimate of drug-likeness (QED) is 0.229. The first-order valence-corrected chi connectivity index (χ1v) is 13.9. The Morgan fingerprint density at radius 2 is 1.41 bits per heavy atom. The largest absolute Gasteiger partial charge is 0.445 e. The number of amides is 4. The number of ketones is 1. The predicted molar refractivity (Wildman–Crippen MR) is 155 cm³/mol. The Morgan fingerprint density at radius 3 is 1.95 bits per heavy atom. The summed E-state index contributed by atoms with van der Waals surface area (Å²) in [6.45, 7) is 7.42. The van der Waals surface area contributed by atoms with Crippen LogP contribution in [0, 0.1) is 11.8 Å². The molecule has 0 saturated heterocycles. The summed E-state index contributed by atoms with van der Waals surface area (Å²) in [4.78, 5) is 63.9. The van der Waals surface area contributed by atoms with Gasteiger partial charge in [0, 0.05) is 12.5 Å². The maximum Gasteiger partial charge on any atom is 0.408 e. The molecular formula is C31H42N4O6. The Bertz CT molecular complexity index is 1160. The lowest BCUT2D eigenvalue weighted by Crippen LogP contribution is -2.57. The first kappa shape index (κ1) is 33.0. The van der Waals surface area contributed by atoms with Crippen LogP contribution in [0.2, 0.25) is 0 Å². The van der Waals surface area contributed by atoms with E-state index in [4.69, 9.17) is 10.5 Å². The fourth-order valence-corrected chi connectivity index (χ4v) is 4.28. The topological polar surface area (TPSA) is 157 Å². The van der Waals surface area contributed by atoms with Crippen molar-refractivity contribution in [2.45, 2.75) is 78.1 Å². The summed E-state index contributed by atoms with van der Waals surface area (Å²) in [5, 5.41) is 7.90. The molecule has 2 rings (SSSR count). The number of nitrogens with two attached hydrogens (primary N) is 1. The molecule has 0 bridgehead atoms. The minimum atomic E-state index is -1.14. The molecule has 0 aromatic heterocycles. The molecule has 5 N–H and O–H groups in total. The monoisotopic (exact) mass is 566 g/mol. The van der Waals surface area contributed by atoms with Crippen molar-refractivity contribution in [3.05, 3.63) is 71.8 Å². The summed E-state index contributed by atoms with van der Waals surface area (Å²) in [6.07, 6.45) is 0.167. The number of nitrogens with one attached hydrogen (secondary N) is 3. The van der Waals surface area contributed by atoms with Crippen LogP contribution < -0.4 is 21.7 Å². The standard InChI is InChI=1S/C31H42N4O6/c1-5-21(4)27(28(37)30(39)33-24(18-26(32)36)17-22-12-8-6-9-13-22)35-29(38)25(16-20(2)3)34-31(40)41-19-23-14-10-7-11-15-23/h6-15,20-21,24-25,27H,5,16-19H2,1-4H3,(H2,32,36)(H,33,39)(H,34,40)(H,35,38)/t21-,24?,25-,27?/m0/s1. The van der Waals surface area contributed by atoms with Gasteiger partial charge < -0.3 is 26.4 Å². The lowest BCUT2D eigenvalue weighted by molar-refractivity contribution is -0.141. The Hall–Kier alpha value is -4.21. The van der Waals surface area contributed by atoms with Crippen LogP contribution in [0.1, 0.15) is 58.1 Å². The highest BCUT2D eigenvalue weighted by Gasteiger charge is 2.34. The van der Waals surface area contributed by atoms with Crippen LogP contribution in [0.5, 0.6) is 0 Å². The number of carbonyl (C=O) groups excluding carboxylic acids is 5. The van der Waals surface area contributed by atoms with Gasteiger partial charge >= 0.3 is 6.09 Å². The van der Waals surface area contributed by atoms with Gasteiger partial charge in [-0.05, 0) is 35.8 Å². The van der Waals surface area contributed by atoms with E-state index in [1.807, 2.05) is 81.4 Å². The van der Waals surface area contributed by atoms with E-state index >= 15 is 0 Å². The van der Waals surface area contributed by atoms with Gasteiger partial charge in [-0.1, -0.05) is 94.8 Å². The predicted octanol–water partition coefficient (Wildman–Crippen LogP) is 3.03. The number of hydrogen-bond acceptors (Lipinski definition) is 6. The Balaban J connectivity index is 2.11. The van der Waals surface area contributed by atoms with Crippen LogP contribution in [0.25, 0.3) is 0 Å². The van der Waals surface area contributed by atoms with Crippen molar-refractivity contribution in [2.75, 3.05) is 0 Å². The van der Waals surface area contributed by atoms with Gasteiger partial charge in [0.25, 0.3) is 5.91 Å². The number of Topliss-reactive ketones (excluding diaryl/α,β-unsaturated/α-hetero) is 1. The van der Waals surface area contributed by atoms with Gasteiger partial charge in [-0.2, -0.15) is 0 Å². The lowest BCUT2D eigenvalue weighted by atomic mass is 9.93. The van der Waals surface area contributed by atoms with Crippen LogP contribution in [0.4, 0.5) is 4.79 Å². The van der Waals surface area contributed by atoms with Gasteiger partial charge in [-0.15, -0.1) is 0 Å². The van der Waals surface area contributed by atoms with Crippen LogP contribution >= 0.6 is 0 Å². The summed E-state index contributed by atoms with van der Waals surface area (Å²) in [6, 6.07) is 15.5. The summed E-state index contributed by atoms with van der Waals surface area (Å²) in [7, 11) is 0. The maximum absolute atomic E-state index is 13.3. The van der Waals surface area contributed by atoms with Gasteiger partial charge in [-0.25, -0.2) is 4.79 Å². The third kappa shape index (κ3) is 11.8. The Morgan fingerprint density at radius 1 is 0.829 bits per heavy atom. The van der Waals surface area contributed by atoms with Crippen molar-refractivity contribution >= 4 is 29.6 Å². The zero-order chi connectivity index (χ0) is 30.4. The SMILES string of the molecule is CC[C@H](C)C(NC(=O)[C@H](CC(C)C)NC(=O)OCc1ccccc1)C(=O)C(=O)NC(CC(N)=O)Cc1ccccc1. The van der Waals surface area contributed by atoms with Gasteiger partial charge in [0.2, 0.25) is 17.6 Å². The summed E-state index contributed by atoms with van der Waals surface area (Å²) in [5.74, 6) is -3.33. The molecule has 0 radical (unpaired) electrons. The second kappa shape index (κ2) is 16.8. The van der Waals surface area contributed by atoms with Crippen LogP contribution in [0.3, 0.4) is 0 Å². The van der Waals surface area contributed by atoms with E-state index in [2.05, 4.69) is 16.0 Å². The lowest BCUT2D eigenvalue weighted by Gasteiger charge is -2.27. The molecule has 41 heavy (non-hydrogen) atoms. The Kier molecular flexibility index (Phi) is 13.5. The smallest absolute Gasteiger partial charge is 0.408 e. The summed E-state index contributed by atoms with van der Waals surface area (Å²) >= 11 is 0.